The highest BCUT2D eigenvalue weighted by Gasteiger charge is 2.22. The van der Waals surface area contributed by atoms with E-state index < -0.39 is 29.1 Å². The number of aromatic nitrogens is 2. The number of carbonyl (C=O) groups is 2. The van der Waals surface area contributed by atoms with Gasteiger partial charge in [0.15, 0.2) is 0 Å². The van der Waals surface area contributed by atoms with Crippen LogP contribution >= 0.6 is 0 Å². The van der Waals surface area contributed by atoms with Gasteiger partial charge in [-0.2, -0.15) is 0 Å². The maximum Gasteiger partial charge on any atom is 0.258 e. The molecule has 35 heavy (non-hydrogen) atoms. The van der Waals surface area contributed by atoms with Gasteiger partial charge < -0.3 is 19.4 Å². The Morgan fingerprint density at radius 3 is 2.51 bits per heavy atom. The number of aryl methyl sites for hydroxylation is 1. The Kier molecular flexibility index (Phi) is 7.05. The Hall–Kier alpha value is -4.27. The highest BCUT2D eigenvalue weighted by Crippen LogP contribution is 2.22. The lowest BCUT2D eigenvalue weighted by Gasteiger charge is -2.22. The molecule has 2 heterocycles. The van der Waals surface area contributed by atoms with Crippen molar-refractivity contribution in [2.45, 2.75) is 20.5 Å². The number of pyridine rings is 1. The molecular weight excluding hydrogens is 454 g/mol. The standard InChI is InChI=1S/C26H24F2N4O3/c1-3-31(15-24(33)30-25-20(27)8-6-9-21(25)28)26(34)19-7-4-5-10-22(19)35-16-18-14-32-13-17(2)11-12-23(32)29-18/h4-14H,3,15-16H2,1-2H3,(H,30,33). The summed E-state index contributed by atoms with van der Waals surface area (Å²) in [6.07, 6.45) is 3.82. The molecule has 0 fully saturated rings. The molecule has 0 spiro atoms. The van der Waals surface area contributed by atoms with Gasteiger partial charge in [0.05, 0.1) is 11.3 Å². The van der Waals surface area contributed by atoms with Crippen molar-refractivity contribution in [1.82, 2.24) is 14.3 Å². The van der Waals surface area contributed by atoms with Gasteiger partial charge in [-0.05, 0) is 49.7 Å². The summed E-state index contributed by atoms with van der Waals surface area (Å²) in [6.45, 7) is 3.65. The fourth-order valence-corrected chi connectivity index (χ4v) is 3.61. The average Bonchev–Trinajstić information content (AvgIpc) is 3.25. The number of fused-ring (bicyclic) bond motifs is 1. The van der Waals surface area contributed by atoms with Gasteiger partial charge in [-0.25, -0.2) is 13.8 Å². The van der Waals surface area contributed by atoms with E-state index in [2.05, 4.69) is 10.3 Å². The van der Waals surface area contributed by atoms with E-state index in [0.717, 1.165) is 23.3 Å². The van der Waals surface area contributed by atoms with Crippen LogP contribution in [0.5, 0.6) is 5.75 Å². The molecule has 0 unspecified atom stereocenters. The van der Waals surface area contributed by atoms with Crippen LogP contribution < -0.4 is 10.1 Å². The van der Waals surface area contributed by atoms with Crippen molar-refractivity contribution in [3.8, 4) is 5.75 Å². The van der Waals surface area contributed by atoms with Gasteiger partial charge >= 0.3 is 0 Å². The molecule has 7 nitrogen and oxygen atoms in total. The molecule has 2 aromatic carbocycles. The minimum Gasteiger partial charge on any atom is -0.486 e. The van der Waals surface area contributed by atoms with Gasteiger partial charge in [0.1, 0.15) is 41.9 Å². The molecule has 0 aliphatic carbocycles. The number of hydrogen-bond acceptors (Lipinski definition) is 4. The first-order chi connectivity index (χ1) is 16.9. The lowest BCUT2D eigenvalue weighted by molar-refractivity contribution is -0.116. The highest BCUT2D eigenvalue weighted by atomic mass is 19.1. The van der Waals surface area contributed by atoms with Crippen LogP contribution in [0.15, 0.2) is 67.0 Å². The largest absolute Gasteiger partial charge is 0.486 e. The second-order valence-electron chi connectivity index (χ2n) is 7.95. The van der Waals surface area contributed by atoms with Gasteiger partial charge in [-0.1, -0.05) is 24.3 Å². The number of amides is 2. The number of hydrogen-bond donors (Lipinski definition) is 1. The van der Waals surface area contributed by atoms with Gasteiger partial charge in [0, 0.05) is 18.9 Å². The molecule has 0 saturated carbocycles. The number of anilines is 1. The second kappa shape index (κ2) is 10.3. The van der Waals surface area contributed by atoms with Crippen molar-refractivity contribution in [3.63, 3.8) is 0 Å². The smallest absolute Gasteiger partial charge is 0.258 e. The number of carbonyl (C=O) groups excluding carboxylic acids is 2. The number of rotatable bonds is 8. The van der Waals surface area contributed by atoms with E-state index in [-0.39, 0.29) is 25.3 Å². The van der Waals surface area contributed by atoms with Crippen LogP contribution in [0.2, 0.25) is 0 Å². The van der Waals surface area contributed by atoms with Crippen LogP contribution in [-0.4, -0.2) is 39.2 Å². The summed E-state index contributed by atoms with van der Waals surface area (Å²) in [5.41, 5.74) is 2.29. The molecule has 4 rings (SSSR count). The Balaban J connectivity index is 1.46. The van der Waals surface area contributed by atoms with Crippen LogP contribution in [0.4, 0.5) is 14.5 Å². The van der Waals surface area contributed by atoms with Crippen molar-refractivity contribution < 1.29 is 23.1 Å². The molecule has 2 amide bonds. The quantitative estimate of drug-likeness (QED) is 0.402. The maximum atomic E-state index is 13.9. The molecule has 0 bridgehead atoms. The zero-order valence-electron chi connectivity index (χ0n) is 19.3. The molecule has 0 aliphatic rings. The van der Waals surface area contributed by atoms with Crippen LogP contribution in [0.3, 0.4) is 0 Å². The second-order valence-corrected chi connectivity index (χ2v) is 7.95. The molecule has 1 N–H and O–H groups in total. The number of ether oxygens (including phenoxy) is 1. The van der Waals surface area contributed by atoms with E-state index in [0.29, 0.717) is 11.4 Å². The first-order valence-corrected chi connectivity index (χ1v) is 11.0. The van der Waals surface area contributed by atoms with Crippen LogP contribution in [0, 0.1) is 18.6 Å². The fourth-order valence-electron chi connectivity index (χ4n) is 3.61. The Morgan fingerprint density at radius 2 is 1.77 bits per heavy atom. The summed E-state index contributed by atoms with van der Waals surface area (Å²) < 4.78 is 35.5. The number of nitrogens with one attached hydrogen (secondary N) is 1. The minimum atomic E-state index is -0.895. The van der Waals surface area contributed by atoms with E-state index in [9.17, 15) is 18.4 Å². The minimum absolute atomic E-state index is 0.143. The number of likely N-dealkylation sites (N-methyl/N-ethyl adjacent to an activating group) is 1. The third-order valence-electron chi connectivity index (χ3n) is 5.37. The molecule has 0 radical (unpaired) electrons. The lowest BCUT2D eigenvalue weighted by Crippen LogP contribution is -2.38. The third kappa shape index (κ3) is 5.46. The van der Waals surface area contributed by atoms with Crippen molar-refractivity contribution in [3.05, 3.63) is 95.4 Å². The number of nitrogens with zero attached hydrogens (tertiary/aromatic N) is 3. The average molecular weight is 478 g/mol. The molecule has 0 atom stereocenters. The summed E-state index contributed by atoms with van der Waals surface area (Å²) in [5, 5.41) is 2.20. The van der Waals surface area contributed by atoms with E-state index in [1.54, 1.807) is 31.2 Å². The van der Waals surface area contributed by atoms with Crippen molar-refractivity contribution >= 4 is 23.1 Å². The SMILES string of the molecule is CCN(CC(=O)Nc1c(F)cccc1F)C(=O)c1ccccc1OCc1cn2cc(C)ccc2n1. The van der Waals surface area contributed by atoms with E-state index >= 15 is 0 Å². The molecule has 4 aromatic rings. The predicted octanol–water partition coefficient (Wildman–Crippen LogP) is 4.60. The first kappa shape index (κ1) is 23.9. The summed E-state index contributed by atoms with van der Waals surface area (Å²) in [7, 11) is 0. The third-order valence-corrected chi connectivity index (χ3v) is 5.37. The van der Waals surface area contributed by atoms with Crippen LogP contribution in [0.25, 0.3) is 5.65 Å². The maximum absolute atomic E-state index is 13.9. The van der Waals surface area contributed by atoms with E-state index in [1.165, 1.54) is 11.0 Å². The first-order valence-electron chi connectivity index (χ1n) is 11.0. The number of para-hydroxylation sites is 2. The van der Waals surface area contributed by atoms with Crippen molar-refractivity contribution in [2.24, 2.45) is 0 Å². The number of benzene rings is 2. The summed E-state index contributed by atoms with van der Waals surface area (Å²) in [4.78, 5) is 31.4. The Bertz CT molecular complexity index is 1370. The molecule has 9 heteroatoms. The summed E-state index contributed by atoms with van der Waals surface area (Å²) >= 11 is 0. The summed E-state index contributed by atoms with van der Waals surface area (Å²) in [6, 6.07) is 13.9. The van der Waals surface area contributed by atoms with Gasteiger partial charge in [0.25, 0.3) is 5.91 Å². The van der Waals surface area contributed by atoms with Crippen LogP contribution in [-0.2, 0) is 11.4 Å². The fraction of sp³-hybridized carbons (Fsp3) is 0.192. The topological polar surface area (TPSA) is 75.9 Å². The molecule has 0 aliphatic heterocycles. The monoisotopic (exact) mass is 478 g/mol. The van der Waals surface area contributed by atoms with Crippen molar-refractivity contribution in [1.29, 1.82) is 0 Å². The predicted molar refractivity (Wildman–Crippen MR) is 127 cm³/mol. The van der Waals surface area contributed by atoms with Gasteiger partial charge in [-0.15, -0.1) is 0 Å². The molecule has 0 saturated heterocycles. The molecular formula is C26H24F2N4O3. The number of imidazole rings is 1. The Morgan fingerprint density at radius 1 is 1.03 bits per heavy atom. The van der Waals surface area contributed by atoms with E-state index in [4.69, 9.17) is 4.74 Å². The lowest BCUT2D eigenvalue weighted by atomic mass is 10.1. The Labute approximate surface area is 201 Å². The zero-order valence-corrected chi connectivity index (χ0v) is 19.3. The number of halogens is 2. The molecule has 2 aromatic heterocycles. The van der Waals surface area contributed by atoms with Crippen molar-refractivity contribution in [2.75, 3.05) is 18.4 Å². The van der Waals surface area contributed by atoms with Crippen LogP contribution in [0.1, 0.15) is 28.5 Å². The van der Waals surface area contributed by atoms with E-state index in [1.807, 2.05) is 35.9 Å². The normalized spacial score (nSPS) is 10.9. The molecule has 180 valence electrons. The van der Waals surface area contributed by atoms with Gasteiger partial charge in [0.2, 0.25) is 5.91 Å². The highest BCUT2D eigenvalue weighted by molar-refractivity contribution is 6.01. The summed E-state index contributed by atoms with van der Waals surface area (Å²) in [5.74, 6) is -2.62. The van der Waals surface area contributed by atoms with Gasteiger partial charge in [-0.3, -0.25) is 9.59 Å². The zero-order chi connectivity index (χ0) is 24.9.